The van der Waals surface area contributed by atoms with Gasteiger partial charge in [-0.3, -0.25) is 4.84 Å². The standard InChI is InChI=1S/C23H21FN6O2/c1-14-7-9-17(16-8-10-19-26-22(25)28-29(19)13-16)20(24)21(14)27-23(31)30-18(11-12-32-30)15-5-3-2-4-6-15/h2-10,13,18H,11-12H2,1H3,(H2,25,28)(H,27,31). The van der Waals surface area contributed by atoms with E-state index in [2.05, 4.69) is 15.4 Å². The van der Waals surface area contributed by atoms with Crippen molar-refractivity contribution in [1.29, 1.82) is 0 Å². The Morgan fingerprint density at radius 1 is 1.19 bits per heavy atom. The number of nitrogens with one attached hydrogen (secondary N) is 1. The molecule has 0 spiro atoms. The molecule has 0 saturated carbocycles. The number of amides is 2. The Kier molecular flexibility index (Phi) is 4.95. The van der Waals surface area contributed by atoms with Crippen LogP contribution >= 0.6 is 0 Å². The average molecular weight is 432 g/mol. The first-order valence-corrected chi connectivity index (χ1v) is 10.2. The van der Waals surface area contributed by atoms with E-state index in [9.17, 15) is 4.79 Å². The van der Waals surface area contributed by atoms with Gasteiger partial charge in [0.05, 0.1) is 18.3 Å². The summed E-state index contributed by atoms with van der Waals surface area (Å²) in [5.74, 6) is -0.403. The van der Waals surface area contributed by atoms with Crippen molar-refractivity contribution >= 4 is 23.3 Å². The molecule has 3 heterocycles. The summed E-state index contributed by atoms with van der Waals surface area (Å²) in [6, 6.07) is 15.7. The summed E-state index contributed by atoms with van der Waals surface area (Å²) in [5, 5.41) is 8.06. The molecule has 1 saturated heterocycles. The Hall–Kier alpha value is -3.98. The summed E-state index contributed by atoms with van der Waals surface area (Å²) in [7, 11) is 0. The van der Waals surface area contributed by atoms with Crippen LogP contribution in [0, 0.1) is 12.7 Å². The molecule has 1 atom stereocenters. The van der Waals surface area contributed by atoms with E-state index in [1.54, 1.807) is 37.4 Å². The minimum absolute atomic E-state index is 0.105. The summed E-state index contributed by atoms with van der Waals surface area (Å²) < 4.78 is 17.0. The Labute approximate surface area is 183 Å². The van der Waals surface area contributed by atoms with Crippen LogP contribution in [0.1, 0.15) is 23.6 Å². The van der Waals surface area contributed by atoms with Crippen molar-refractivity contribution in [3.63, 3.8) is 0 Å². The normalized spacial score (nSPS) is 15.9. The third-order valence-corrected chi connectivity index (χ3v) is 5.53. The number of hydroxylamine groups is 2. The lowest BCUT2D eigenvalue weighted by atomic mass is 10.0. The van der Waals surface area contributed by atoms with Gasteiger partial charge in [-0.15, -0.1) is 5.10 Å². The predicted molar refractivity (Wildman–Crippen MR) is 118 cm³/mol. The lowest BCUT2D eigenvalue weighted by Crippen LogP contribution is -2.34. The number of benzene rings is 2. The second-order valence-electron chi connectivity index (χ2n) is 7.61. The first-order valence-electron chi connectivity index (χ1n) is 10.2. The Balaban J connectivity index is 1.45. The van der Waals surface area contributed by atoms with Gasteiger partial charge in [0, 0.05) is 23.7 Å². The number of nitrogens with two attached hydrogens (primary N) is 1. The maximum Gasteiger partial charge on any atom is 0.346 e. The van der Waals surface area contributed by atoms with Gasteiger partial charge in [0.25, 0.3) is 0 Å². The maximum absolute atomic E-state index is 15.5. The van der Waals surface area contributed by atoms with Gasteiger partial charge in [0.1, 0.15) is 0 Å². The number of pyridine rings is 1. The minimum Gasteiger partial charge on any atom is -0.366 e. The van der Waals surface area contributed by atoms with Crippen LogP contribution in [0.3, 0.4) is 0 Å². The number of halogens is 1. The van der Waals surface area contributed by atoms with E-state index in [0.29, 0.717) is 35.4 Å². The highest BCUT2D eigenvalue weighted by atomic mass is 19.1. The van der Waals surface area contributed by atoms with Crippen molar-refractivity contribution < 1.29 is 14.0 Å². The van der Waals surface area contributed by atoms with E-state index in [0.717, 1.165) is 5.56 Å². The van der Waals surface area contributed by atoms with E-state index >= 15 is 4.39 Å². The van der Waals surface area contributed by atoms with Crippen molar-refractivity contribution in [1.82, 2.24) is 19.7 Å². The molecule has 0 bridgehead atoms. The van der Waals surface area contributed by atoms with Gasteiger partial charge < -0.3 is 11.1 Å². The number of hydrogen-bond acceptors (Lipinski definition) is 5. The summed E-state index contributed by atoms with van der Waals surface area (Å²) >= 11 is 0. The number of rotatable bonds is 3. The van der Waals surface area contributed by atoms with Gasteiger partial charge in [-0.1, -0.05) is 42.5 Å². The number of anilines is 2. The van der Waals surface area contributed by atoms with Crippen LogP contribution < -0.4 is 11.1 Å². The highest BCUT2D eigenvalue weighted by molar-refractivity contribution is 5.91. The zero-order chi connectivity index (χ0) is 22.2. The van der Waals surface area contributed by atoms with Crippen LogP contribution in [-0.2, 0) is 4.84 Å². The largest absolute Gasteiger partial charge is 0.366 e. The molecule has 2 aromatic heterocycles. The molecule has 8 nitrogen and oxygen atoms in total. The lowest BCUT2D eigenvalue weighted by molar-refractivity contribution is -0.0830. The lowest BCUT2D eigenvalue weighted by Gasteiger charge is -2.24. The van der Waals surface area contributed by atoms with Crippen LogP contribution in [0.2, 0.25) is 0 Å². The third kappa shape index (κ3) is 3.52. The molecule has 5 rings (SSSR count). The molecule has 1 unspecified atom stereocenters. The molecule has 3 N–H and O–H groups in total. The molecule has 2 amide bonds. The first kappa shape index (κ1) is 20.0. The van der Waals surface area contributed by atoms with Crippen molar-refractivity contribution in [2.24, 2.45) is 0 Å². The maximum atomic E-state index is 15.5. The van der Waals surface area contributed by atoms with E-state index in [1.807, 2.05) is 30.3 Å². The minimum atomic E-state index is -0.541. The summed E-state index contributed by atoms with van der Waals surface area (Å²) in [5.41, 5.74) is 8.77. The van der Waals surface area contributed by atoms with E-state index in [-0.39, 0.29) is 17.7 Å². The van der Waals surface area contributed by atoms with Gasteiger partial charge in [-0.2, -0.15) is 10.0 Å². The fourth-order valence-corrected chi connectivity index (χ4v) is 3.92. The third-order valence-electron chi connectivity index (χ3n) is 5.53. The summed E-state index contributed by atoms with van der Waals surface area (Å²) in [6.07, 6.45) is 2.31. The molecule has 0 aliphatic carbocycles. The highest BCUT2D eigenvalue weighted by Crippen LogP contribution is 2.33. The van der Waals surface area contributed by atoms with Crippen LogP contribution in [-0.4, -0.2) is 32.3 Å². The van der Waals surface area contributed by atoms with Gasteiger partial charge in [0.2, 0.25) is 5.95 Å². The number of nitrogens with zero attached hydrogens (tertiary/aromatic N) is 4. The fourth-order valence-electron chi connectivity index (χ4n) is 3.92. The second kappa shape index (κ2) is 7.93. The Morgan fingerprint density at radius 3 is 2.81 bits per heavy atom. The second-order valence-corrected chi connectivity index (χ2v) is 7.61. The number of nitrogen functional groups attached to an aromatic ring is 1. The number of carbonyl (C=O) groups excluding carboxylic acids is 1. The van der Waals surface area contributed by atoms with Gasteiger partial charge >= 0.3 is 6.03 Å². The first-order chi connectivity index (χ1) is 15.5. The average Bonchev–Trinajstić information content (AvgIpc) is 3.42. The molecule has 9 heteroatoms. The topological polar surface area (TPSA) is 97.8 Å². The molecule has 1 aliphatic rings. The SMILES string of the molecule is Cc1ccc(-c2ccc3nc(N)nn3c2)c(F)c1NC(=O)N1OCCC1c1ccccc1. The zero-order valence-electron chi connectivity index (χ0n) is 17.3. The van der Waals surface area contributed by atoms with Crippen LogP contribution in [0.5, 0.6) is 0 Å². The summed E-state index contributed by atoms with van der Waals surface area (Å²) in [6.45, 7) is 2.15. The predicted octanol–water partition coefficient (Wildman–Crippen LogP) is 4.34. The molecular formula is C23H21FN6O2. The van der Waals surface area contributed by atoms with Crippen LogP contribution in [0.4, 0.5) is 20.8 Å². The molecule has 1 aliphatic heterocycles. The van der Waals surface area contributed by atoms with Crippen molar-refractivity contribution in [2.75, 3.05) is 17.7 Å². The van der Waals surface area contributed by atoms with Crippen molar-refractivity contribution in [2.45, 2.75) is 19.4 Å². The van der Waals surface area contributed by atoms with Gasteiger partial charge in [-0.05, 0) is 30.2 Å². The molecular weight excluding hydrogens is 411 g/mol. The number of aryl methyl sites for hydroxylation is 1. The number of urea groups is 1. The van der Waals surface area contributed by atoms with E-state index in [4.69, 9.17) is 10.6 Å². The molecule has 1 fully saturated rings. The number of fused-ring (bicyclic) bond motifs is 1. The zero-order valence-corrected chi connectivity index (χ0v) is 17.3. The highest BCUT2D eigenvalue weighted by Gasteiger charge is 2.32. The monoisotopic (exact) mass is 432 g/mol. The number of aromatic nitrogens is 3. The van der Waals surface area contributed by atoms with E-state index < -0.39 is 11.8 Å². The molecule has 4 aromatic rings. The molecule has 2 aromatic carbocycles. The molecule has 162 valence electrons. The van der Waals surface area contributed by atoms with Crippen LogP contribution in [0.25, 0.3) is 16.8 Å². The summed E-state index contributed by atoms with van der Waals surface area (Å²) in [4.78, 5) is 22.7. The number of hydrogen-bond donors (Lipinski definition) is 2. The van der Waals surface area contributed by atoms with Crippen LogP contribution in [0.15, 0.2) is 60.8 Å². The van der Waals surface area contributed by atoms with Gasteiger partial charge in [0.15, 0.2) is 11.5 Å². The fraction of sp³-hybridized carbons (Fsp3) is 0.174. The van der Waals surface area contributed by atoms with Crippen molar-refractivity contribution in [3.8, 4) is 11.1 Å². The van der Waals surface area contributed by atoms with E-state index in [1.165, 1.54) is 9.58 Å². The smallest absolute Gasteiger partial charge is 0.346 e. The Bertz CT molecular complexity index is 1310. The number of carbonyl (C=O) groups is 1. The molecule has 0 radical (unpaired) electrons. The van der Waals surface area contributed by atoms with Gasteiger partial charge in [-0.25, -0.2) is 13.7 Å². The van der Waals surface area contributed by atoms with Crippen molar-refractivity contribution in [3.05, 3.63) is 77.7 Å². The Morgan fingerprint density at radius 2 is 2.00 bits per heavy atom. The molecule has 32 heavy (non-hydrogen) atoms. The quantitative estimate of drug-likeness (QED) is 0.502.